The summed E-state index contributed by atoms with van der Waals surface area (Å²) in [7, 11) is 1.49. The Kier molecular flexibility index (Phi) is 5.10. The van der Waals surface area contributed by atoms with Crippen molar-refractivity contribution >= 4 is 5.91 Å². The Morgan fingerprint density at radius 1 is 1.26 bits per heavy atom. The van der Waals surface area contributed by atoms with Gasteiger partial charge in [-0.15, -0.1) is 0 Å². The number of hydrogen-bond donors (Lipinski definition) is 1. The zero-order valence-corrected chi connectivity index (χ0v) is 13.7. The minimum atomic E-state index is -0.311. The Hall–Kier alpha value is -2.70. The summed E-state index contributed by atoms with van der Waals surface area (Å²) in [5, 5.41) is 2.78. The number of carbonyl (C=O) groups excluding carboxylic acids is 1. The lowest BCUT2D eigenvalue weighted by Gasteiger charge is -2.12. The van der Waals surface area contributed by atoms with Gasteiger partial charge in [-0.25, -0.2) is 4.79 Å². The maximum Gasteiger partial charge on any atom is 0.348 e. The molecule has 0 aliphatic carbocycles. The summed E-state index contributed by atoms with van der Waals surface area (Å²) in [5.41, 5.74) is 2.34. The molecule has 122 valence electrons. The van der Waals surface area contributed by atoms with Gasteiger partial charge >= 0.3 is 5.69 Å². The Morgan fingerprint density at radius 3 is 2.65 bits per heavy atom. The number of amides is 1. The quantitative estimate of drug-likeness (QED) is 0.889. The first-order chi connectivity index (χ1) is 10.9. The van der Waals surface area contributed by atoms with Crippen molar-refractivity contribution in [2.24, 2.45) is 0 Å². The Balaban J connectivity index is 2.06. The summed E-state index contributed by atoms with van der Waals surface area (Å²) < 4.78 is 6.68. The maximum atomic E-state index is 12.3. The van der Waals surface area contributed by atoms with E-state index in [2.05, 4.69) is 15.3 Å². The van der Waals surface area contributed by atoms with Gasteiger partial charge in [-0.05, 0) is 32.9 Å². The minimum Gasteiger partial charge on any atom is -0.494 e. The van der Waals surface area contributed by atoms with Crippen molar-refractivity contribution in [2.75, 3.05) is 13.7 Å². The fourth-order valence-electron chi connectivity index (χ4n) is 2.31. The molecule has 0 unspecified atom stereocenters. The number of methoxy groups -OCH3 is 1. The Labute approximate surface area is 134 Å². The van der Waals surface area contributed by atoms with Gasteiger partial charge in [0.2, 0.25) is 0 Å². The number of pyridine rings is 1. The van der Waals surface area contributed by atoms with Gasteiger partial charge in [0.15, 0.2) is 0 Å². The largest absolute Gasteiger partial charge is 0.494 e. The van der Waals surface area contributed by atoms with Crippen molar-refractivity contribution in [1.29, 1.82) is 0 Å². The second kappa shape index (κ2) is 7.04. The van der Waals surface area contributed by atoms with E-state index in [-0.39, 0.29) is 11.6 Å². The van der Waals surface area contributed by atoms with Crippen molar-refractivity contribution in [3.05, 3.63) is 51.5 Å². The molecule has 2 rings (SSSR count). The van der Waals surface area contributed by atoms with Gasteiger partial charge in [0.1, 0.15) is 5.75 Å². The summed E-state index contributed by atoms with van der Waals surface area (Å²) in [5.74, 6) is 0.150. The average molecular weight is 316 g/mol. The van der Waals surface area contributed by atoms with Crippen molar-refractivity contribution < 1.29 is 9.53 Å². The van der Waals surface area contributed by atoms with Gasteiger partial charge < -0.3 is 10.1 Å². The lowest BCUT2D eigenvalue weighted by molar-refractivity contribution is 0.0948. The highest BCUT2D eigenvalue weighted by Crippen LogP contribution is 2.17. The van der Waals surface area contributed by atoms with Gasteiger partial charge in [-0.2, -0.15) is 4.98 Å². The van der Waals surface area contributed by atoms with Crippen LogP contribution in [0.25, 0.3) is 0 Å². The van der Waals surface area contributed by atoms with Crippen LogP contribution in [0.1, 0.15) is 27.4 Å². The summed E-state index contributed by atoms with van der Waals surface area (Å²) in [6.07, 6.45) is 1.52. The van der Waals surface area contributed by atoms with Gasteiger partial charge in [-0.3, -0.25) is 14.3 Å². The third-order valence-corrected chi connectivity index (χ3v) is 3.44. The van der Waals surface area contributed by atoms with E-state index in [4.69, 9.17) is 4.74 Å². The molecule has 23 heavy (non-hydrogen) atoms. The first kappa shape index (κ1) is 16.7. The molecule has 0 bridgehead atoms. The van der Waals surface area contributed by atoms with Gasteiger partial charge in [0.05, 0.1) is 18.9 Å². The van der Waals surface area contributed by atoms with Crippen molar-refractivity contribution in [3.8, 4) is 5.75 Å². The predicted octanol–water partition coefficient (Wildman–Crippen LogP) is 1.00. The molecule has 0 aliphatic heterocycles. The molecule has 0 saturated heterocycles. The van der Waals surface area contributed by atoms with E-state index in [1.165, 1.54) is 17.9 Å². The van der Waals surface area contributed by atoms with Crippen molar-refractivity contribution in [2.45, 2.75) is 27.3 Å². The maximum absolute atomic E-state index is 12.3. The molecule has 1 N–H and O–H groups in total. The standard InChI is InChI=1S/C16H20N4O3/c1-10-8-13(14(23-4)9-18-10)15(21)17-5-6-20-12(3)7-11(2)19-16(20)22/h7-9H,5-6H2,1-4H3,(H,17,21). The number of hydrogen-bond acceptors (Lipinski definition) is 5. The lowest BCUT2D eigenvalue weighted by Crippen LogP contribution is -2.33. The highest BCUT2D eigenvalue weighted by atomic mass is 16.5. The molecule has 0 saturated carbocycles. The molecule has 0 spiro atoms. The monoisotopic (exact) mass is 316 g/mol. The molecule has 0 fully saturated rings. The van der Waals surface area contributed by atoms with Crippen molar-refractivity contribution in [1.82, 2.24) is 19.9 Å². The van der Waals surface area contributed by atoms with E-state index >= 15 is 0 Å². The number of ether oxygens (including phenoxy) is 1. The van der Waals surface area contributed by atoms with Crippen LogP contribution in [0, 0.1) is 20.8 Å². The van der Waals surface area contributed by atoms with Crippen LogP contribution in [0.2, 0.25) is 0 Å². The number of nitrogens with zero attached hydrogens (tertiary/aromatic N) is 3. The van der Waals surface area contributed by atoms with Crippen LogP contribution in [0.15, 0.2) is 23.1 Å². The van der Waals surface area contributed by atoms with E-state index in [0.717, 1.165) is 11.4 Å². The normalized spacial score (nSPS) is 10.4. The molecule has 2 aromatic heterocycles. The predicted molar refractivity (Wildman–Crippen MR) is 85.8 cm³/mol. The van der Waals surface area contributed by atoms with Crippen LogP contribution >= 0.6 is 0 Å². The smallest absolute Gasteiger partial charge is 0.348 e. The van der Waals surface area contributed by atoms with Crippen LogP contribution in [0.5, 0.6) is 5.75 Å². The van der Waals surface area contributed by atoms with Gasteiger partial charge in [0.25, 0.3) is 5.91 Å². The topological polar surface area (TPSA) is 86.1 Å². The molecule has 7 nitrogen and oxygen atoms in total. The molecule has 7 heteroatoms. The highest BCUT2D eigenvalue weighted by Gasteiger charge is 2.13. The van der Waals surface area contributed by atoms with E-state index in [9.17, 15) is 9.59 Å². The van der Waals surface area contributed by atoms with Crippen LogP contribution in [-0.4, -0.2) is 34.1 Å². The molecule has 0 aliphatic rings. The molecule has 1 amide bonds. The first-order valence-electron chi connectivity index (χ1n) is 7.26. The minimum absolute atomic E-state index is 0.266. The van der Waals surface area contributed by atoms with Crippen molar-refractivity contribution in [3.63, 3.8) is 0 Å². The zero-order chi connectivity index (χ0) is 17.0. The third-order valence-electron chi connectivity index (χ3n) is 3.44. The molecular weight excluding hydrogens is 296 g/mol. The number of rotatable bonds is 5. The Morgan fingerprint density at radius 2 is 2.00 bits per heavy atom. The second-order valence-corrected chi connectivity index (χ2v) is 5.25. The summed E-state index contributed by atoms with van der Waals surface area (Å²) in [4.78, 5) is 32.1. The van der Waals surface area contributed by atoms with Gasteiger partial charge in [0, 0.05) is 30.2 Å². The fraction of sp³-hybridized carbons (Fsp3) is 0.375. The highest BCUT2D eigenvalue weighted by molar-refractivity contribution is 5.96. The van der Waals surface area contributed by atoms with Gasteiger partial charge in [-0.1, -0.05) is 0 Å². The average Bonchev–Trinajstić information content (AvgIpc) is 2.49. The summed E-state index contributed by atoms with van der Waals surface area (Å²) in [6, 6.07) is 3.50. The second-order valence-electron chi connectivity index (χ2n) is 5.25. The molecule has 2 aromatic rings. The van der Waals surface area contributed by atoms with E-state index in [1.807, 2.05) is 13.0 Å². The fourth-order valence-corrected chi connectivity index (χ4v) is 2.31. The molecule has 0 atom stereocenters. The number of nitrogens with one attached hydrogen (secondary N) is 1. The van der Waals surface area contributed by atoms with Crippen LogP contribution in [-0.2, 0) is 6.54 Å². The van der Waals surface area contributed by atoms with E-state index < -0.39 is 0 Å². The third kappa shape index (κ3) is 3.94. The first-order valence-corrected chi connectivity index (χ1v) is 7.26. The summed E-state index contributed by atoms with van der Waals surface area (Å²) in [6.45, 7) is 6.09. The zero-order valence-electron chi connectivity index (χ0n) is 13.7. The van der Waals surface area contributed by atoms with Crippen LogP contribution < -0.4 is 15.7 Å². The SMILES string of the molecule is COc1cnc(C)cc1C(=O)NCCn1c(C)cc(C)nc1=O. The molecule has 0 radical (unpaired) electrons. The molecule has 2 heterocycles. The molecule has 0 aromatic carbocycles. The molecular formula is C16H20N4O3. The lowest BCUT2D eigenvalue weighted by atomic mass is 10.2. The van der Waals surface area contributed by atoms with Crippen LogP contribution in [0.4, 0.5) is 0 Å². The van der Waals surface area contributed by atoms with E-state index in [1.54, 1.807) is 19.9 Å². The number of carbonyl (C=O) groups is 1. The number of aryl methyl sites for hydroxylation is 3. The van der Waals surface area contributed by atoms with Crippen LogP contribution in [0.3, 0.4) is 0 Å². The summed E-state index contributed by atoms with van der Waals surface area (Å²) >= 11 is 0. The number of aromatic nitrogens is 3. The Bertz CT molecular complexity index is 783. The van der Waals surface area contributed by atoms with E-state index in [0.29, 0.717) is 30.1 Å².